The Labute approximate surface area is 152 Å². The molecule has 0 N–H and O–H groups in total. The van der Waals surface area contributed by atoms with Gasteiger partial charge in [-0.3, -0.25) is 0 Å². The molecule has 0 aromatic rings. The van der Waals surface area contributed by atoms with Crippen molar-refractivity contribution >= 4 is 12.2 Å². The van der Waals surface area contributed by atoms with Crippen molar-refractivity contribution in [2.45, 2.75) is 84.7 Å². The van der Waals surface area contributed by atoms with Crippen LogP contribution in [0.1, 0.15) is 72.6 Å². The van der Waals surface area contributed by atoms with Gasteiger partial charge in [0.2, 0.25) is 12.2 Å². The molecule has 0 radical (unpaired) electrons. The van der Waals surface area contributed by atoms with Gasteiger partial charge >= 0.3 is 0 Å². The Hall–Kier alpha value is -1.24. The summed E-state index contributed by atoms with van der Waals surface area (Å²) in [6.07, 6.45) is 11.7. The van der Waals surface area contributed by atoms with Gasteiger partial charge in [0.25, 0.3) is 0 Å². The summed E-state index contributed by atoms with van der Waals surface area (Å²) in [7, 11) is 0. The highest BCUT2D eigenvalue weighted by Gasteiger charge is 2.41. The van der Waals surface area contributed by atoms with Gasteiger partial charge in [-0.2, -0.15) is 0 Å². The maximum absolute atomic E-state index is 11.0. The summed E-state index contributed by atoms with van der Waals surface area (Å²) in [5.74, 6) is 3.56. The van der Waals surface area contributed by atoms with Crippen molar-refractivity contribution in [1.29, 1.82) is 0 Å². The molecule has 2 fully saturated rings. The standard InChI is InChI=1S/C21H34N2O2/c1-14(2)19-10-17(11-20(15(3)4)21(19)23-13-25)9-16-5-7-18(8-6-16)22-12-24/h14-21H,5-11H2,1-4H3. The van der Waals surface area contributed by atoms with Crippen molar-refractivity contribution in [2.24, 2.45) is 45.5 Å². The molecule has 0 aromatic heterocycles. The zero-order valence-corrected chi connectivity index (χ0v) is 16.3. The van der Waals surface area contributed by atoms with Crippen LogP contribution < -0.4 is 0 Å². The number of nitrogens with zero attached hydrogens (tertiary/aromatic N) is 2. The van der Waals surface area contributed by atoms with E-state index in [0.29, 0.717) is 23.7 Å². The highest BCUT2D eigenvalue weighted by atomic mass is 16.1. The van der Waals surface area contributed by atoms with Crippen molar-refractivity contribution in [3.05, 3.63) is 0 Å². The SMILES string of the molecule is CC(C)C1CC(CC2CCC(N=C=O)CC2)CC(C(C)C)C1N=C=O. The number of carbonyl (C=O) groups excluding carboxylic acids is 2. The fourth-order valence-corrected chi connectivity index (χ4v) is 5.30. The van der Waals surface area contributed by atoms with Gasteiger partial charge < -0.3 is 0 Å². The molecular formula is C21H34N2O2. The Kier molecular flexibility index (Phi) is 7.59. The van der Waals surface area contributed by atoms with Gasteiger partial charge in [-0.15, -0.1) is 0 Å². The lowest BCUT2D eigenvalue weighted by Gasteiger charge is -2.44. The average molecular weight is 347 g/mol. The van der Waals surface area contributed by atoms with E-state index in [0.717, 1.165) is 24.7 Å². The molecule has 0 aromatic carbocycles. The van der Waals surface area contributed by atoms with Crippen molar-refractivity contribution in [1.82, 2.24) is 0 Å². The van der Waals surface area contributed by atoms with Gasteiger partial charge in [0, 0.05) is 0 Å². The first-order valence-electron chi connectivity index (χ1n) is 10.1. The van der Waals surface area contributed by atoms with Gasteiger partial charge in [-0.05, 0) is 80.5 Å². The minimum Gasteiger partial charge on any atom is -0.211 e. The highest BCUT2D eigenvalue weighted by Crippen LogP contribution is 2.45. The zero-order chi connectivity index (χ0) is 18.4. The predicted molar refractivity (Wildman–Crippen MR) is 99.8 cm³/mol. The summed E-state index contributed by atoms with van der Waals surface area (Å²) in [6.45, 7) is 9.06. The van der Waals surface area contributed by atoms with Crippen LogP contribution in [-0.4, -0.2) is 24.2 Å². The van der Waals surface area contributed by atoms with Crippen LogP contribution in [0.25, 0.3) is 0 Å². The fraction of sp³-hybridized carbons (Fsp3) is 0.905. The van der Waals surface area contributed by atoms with Crippen molar-refractivity contribution in [3.8, 4) is 0 Å². The molecule has 0 bridgehead atoms. The summed E-state index contributed by atoms with van der Waals surface area (Å²) >= 11 is 0. The van der Waals surface area contributed by atoms with Crippen molar-refractivity contribution < 1.29 is 9.59 Å². The molecule has 4 nitrogen and oxygen atoms in total. The maximum atomic E-state index is 11.0. The smallest absolute Gasteiger partial charge is 0.211 e. The number of aliphatic imine (C=N–C) groups is 2. The van der Waals surface area contributed by atoms with E-state index in [2.05, 4.69) is 37.7 Å². The maximum Gasteiger partial charge on any atom is 0.235 e. The van der Waals surface area contributed by atoms with Gasteiger partial charge in [0.15, 0.2) is 0 Å². The Morgan fingerprint density at radius 2 is 1.32 bits per heavy atom. The molecule has 140 valence electrons. The molecule has 2 aliphatic carbocycles. The molecule has 0 saturated heterocycles. The van der Waals surface area contributed by atoms with Gasteiger partial charge in [-0.1, -0.05) is 27.7 Å². The van der Waals surface area contributed by atoms with Crippen LogP contribution in [0.2, 0.25) is 0 Å². The largest absolute Gasteiger partial charge is 0.235 e. The van der Waals surface area contributed by atoms with Crippen LogP contribution in [0.5, 0.6) is 0 Å². The first kappa shape index (κ1) is 20.1. The van der Waals surface area contributed by atoms with E-state index < -0.39 is 0 Å². The molecule has 0 spiro atoms. The van der Waals surface area contributed by atoms with E-state index in [-0.39, 0.29) is 12.1 Å². The summed E-state index contributed by atoms with van der Waals surface area (Å²) in [4.78, 5) is 29.5. The summed E-state index contributed by atoms with van der Waals surface area (Å²) < 4.78 is 0. The second-order valence-electron chi connectivity index (χ2n) is 8.99. The monoisotopic (exact) mass is 346 g/mol. The molecule has 2 rings (SSSR count). The average Bonchev–Trinajstić information content (AvgIpc) is 2.57. The lowest BCUT2D eigenvalue weighted by molar-refractivity contribution is 0.0815. The van der Waals surface area contributed by atoms with Crippen LogP contribution in [0.4, 0.5) is 0 Å². The summed E-state index contributed by atoms with van der Waals surface area (Å²) in [6, 6.07) is 0.352. The Balaban J connectivity index is 2.02. The van der Waals surface area contributed by atoms with Crippen LogP contribution in [0.15, 0.2) is 9.98 Å². The lowest BCUT2D eigenvalue weighted by Crippen LogP contribution is -2.41. The van der Waals surface area contributed by atoms with Crippen LogP contribution >= 0.6 is 0 Å². The third kappa shape index (κ3) is 5.36. The summed E-state index contributed by atoms with van der Waals surface area (Å²) in [5.41, 5.74) is 0. The normalized spacial score (nSPS) is 35.9. The van der Waals surface area contributed by atoms with E-state index in [9.17, 15) is 9.59 Å². The minimum atomic E-state index is 0.145. The van der Waals surface area contributed by atoms with Crippen molar-refractivity contribution in [3.63, 3.8) is 0 Å². The Morgan fingerprint density at radius 1 is 0.800 bits per heavy atom. The Bertz CT molecular complexity index is 492. The molecule has 4 heteroatoms. The molecule has 2 saturated carbocycles. The lowest BCUT2D eigenvalue weighted by atomic mass is 9.63. The van der Waals surface area contributed by atoms with Gasteiger partial charge in [-0.25, -0.2) is 19.6 Å². The molecule has 2 atom stereocenters. The van der Waals surface area contributed by atoms with E-state index in [4.69, 9.17) is 0 Å². The molecule has 0 aliphatic heterocycles. The van der Waals surface area contributed by atoms with E-state index in [1.807, 2.05) is 6.08 Å². The van der Waals surface area contributed by atoms with Gasteiger partial charge in [0.05, 0.1) is 12.1 Å². The topological polar surface area (TPSA) is 58.9 Å². The molecule has 0 heterocycles. The summed E-state index contributed by atoms with van der Waals surface area (Å²) in [5, 5.41) is 0. The van der Waals surface area contributed by atoms with Crippen LogP contribution in [0, 0.1) is 35.5 Å². The van der Waals surface area contributed by atoms with E-state index in [1.165, 1.54) is 32.1 Å². The Morgan fingerprint density at radius 3 is 1.76 bits per heavy atom. The second kappa shape index (κ2) is 9.46. The molecular weight excluding hydrogens is 312 g/mol. The first-order valence-corrected chi connectivity index (χ1v) is 10.1. The number of hydrogen-bond acceptors (Lipinski definition) is 4. The number of hydrogen-bond donors (Lipinski definition) is 0. The van der Waals surface area contributed by atoms with Crippen LogP contribution in [-0.2, 0) is 9.59 Å². The quantitative estimate of drug-likeness (QED) is 0.506. The van der Waals surface area contributed by atoms with Crippen LogP contribution in [0.3, 0.4) is 0 Å². The molecule has 2 unspecified atom stereocenters. The van der Waals surface area contributed by atoms with E-state index in [1.54, 1.807) is 6.08 Å². The van der Waals surface area contributed by atoms with E-state index >= 15 is 0 Å². The number of rotatable bonds is 6. The molecule has 0 amide bonds. The second-order valence-corrected chi connectivity index (χ2v) is 8.99. The highest BCUT2D eigenvalue weighted by molar-refractivity contribution is 5.34. The third-order valence-electron chi connectivity index (χ3n) is 6.72. The molecule has 2 aliphatic rings. The third-order valence-corrected chi connectivity index (χ3v) is 6.72. The zero-order valence-electron chi connectivity index (χ0n) is 16.3. The molecule has 25 heavy (non-hydrogen) atoms. The number of isocyanates is 2. The minimum absolute atomic E-state index is 0.145. The fourth-order valence-electron chi connectivity index (χ4n) is 5.30. The van der Waals surface area contributed by atoms with Gasteiger partial charge in [0.1, 0.15) is 0 Å². The van der Waals surface area contributed by atoms with Crippen molar-refractivity contribution in [2.75, 3.05) is 0 Å². The predicted octanol–water partition coefficient (Wildman–Crippen LogP) is 4.93. The first-order chi connectivity index (χ1) is 12.0.